The van der Waals surface area contributed by atoms with Gasteiger partial charge in [0.25, 0.3) is 0 Å². The zero-order valence-electron chi connectivity index (χ0n) is 12.7. The second-order valence-electron chi connectivity index (χ2n) is 5.93. The van der Waals surface area contributed by atoms with Crippen molar-refractivity contribution in [2.75, 3.05) is 32.7 Å². The van der Waals surface area contributed by atoms with E-state index in [1.165, 1.54) is 5.56 Å². The Hall–Kier alpha value is -1.46. The molecule has 2 aliphatic heterocycles. The van der Waals surface area contributed by atoms with Crippen molar-refractivity contribution in [2.24, 2.45) is 0 Å². The molecule has 0 saturated carbocycles. The molecule has 0 radical (unpaired) electrons. The Morgan fingerprint density at radius 1 is 1.38 bits per heavy atom. The molecule has 0 spiro atoms. The molecule has 2 atom stereocenters. The van der Waals surface area contributed by atoms with E-state index in [4.69, 9.17) is 0 Å². The van der Waals surface area contributed by atoms with Crippen molar-refractivity contribution in [1.82, 2.24) is 20.1 Å². The number of nitrogens with one attached hydrogen (secondary N) is 1. The van der Waals surface area contributed by atoms with E-state index < -0.39 is 0 Å². The third kappa shape index (κ3) is 3.09. The molecule has 2 saturated heterocycles. The van der Waals surface area contributed by atoms with Crippen molar-refractivity contribution in [3.63, 3.8) is 0 Å². The highest BCUT2D eigenvalue weighted by Crippen LogP contribution is 2.29. The minimum atomic E-state index is 0.0401. The molecular formula is C16H24N4O. The largest absolute Gasteiger partial charge is 0.339 e. The maximum atomic E-state index is 12.8. The molecule has 2 fully saturated rings. The van der Waals surface area contributed by atoms with Gasteiger partial charge in [0.2, 0.25) is 5.91 Å². The highest BCUT2D eigenvalue weighted by molar-refractivity contribution is 5.82. The van der Waals surface area contributed by atoms with Gasteiger partial charge in [-0.25, -0.2) is 0 Å². The summed E-state index contributed by atoms with van der Waals surface area (Å²) in [6.45, 7) is 6.68. The standard InChI is InChI=1S/C16H24N4O/c1-13(14-4-2-6-18-12-14)20-9-3-5-15(20)16(21)19-10-7-17-8-11-19/h2,4,6,12-13,15,17H,3,5,7-11H2,1H3. The number of likely N-dealkylation sites (tertiary alicyclic amines) is 1. The summed E-state index contributed by atoms with van der Waals surface area (Å²) in [4.78, 5) is 21.4. The fraction of sp³-hybridized carbons (Fsp3) is 0.625. The van der Waals surface area contributed by atoms with Gasteiger partial charge in [-0.1, -0.05) is 6.07 Å². The zero-order valence-corrected chi connectivity index (χ0v) is 12.7. The van der Waals surface area contributed by atoms with Crippen LogP contribution in [0.4, 0.5) is 0 Å². The predicted molar refractivity (Wildman–Crippen MR) is 81.8 cm³/mol. The van der Waals surface area contributed by atoms with Crippen LogP contribution in [-0.4, -0.2) is 59.5 Å². The number of piperazine rings is 1. The number of pyridine rings is 1. The molecule has 0 aromatic carbocycles. The van der Waals surface area contributed by atoms with Gasteiger partial charge in [0.1, 0.15) is 0 Å². The quantitative estimate of drug-likeness (QED) is 0.903. The van der Waals surface area contributed by atoms with Gasteiger partial charge in [-0.3, -0.25) is 14.7 Å². The number of rotatable bonds is 3. The van der Waals surface area contributed by atoms with E-state index in [0.29, 0.717) is 5.91 Å². The van der Waals surface area contributed by atoms with Crippen LogP contribution >= 0.6 is 0 Å². The number of nitrogens with zero attached hydrogens (tertiary/aromatic N) is 3. The Balaban J connectivity index is 1.71. The Bertz CT molecular complexity index is 472. The fourth-order valence-electron chi connectivity index (χ4n) is 3.43. The molecule has 0 bridgehead atoms. The predicted octanol–water partition coefficient (Wildman–Crippen LogP) is 1.04. The fourth-order valence-corrected chi connectivity index (χ4v) is 3.43. The van der Waals surface area contributed by atoms with Crippen LogP contribution in [0.2, 0.25) is 0 Å². The number of carbonyl (C=O) groups is 1. The maximum Gasteiger partial charge on any atom is 0.240 e. The summed E-state index contributed by atoms with van der Waals surface area (Å²) in [6, 6.07) is 4.36. The minimum Gasteiger partial charge on any atom is -0.339 e. The average molecular weight is 288 g/mol. The Labute approximate surface area is 126 Å². The molecule has 1 N–H and O–H groups in total. The van der Waals surface area contributed by atoms with Crippen molar-refractivity contribution in [2.45, 2.75) is 31.8 Å². The van der Waals surface area contributed by atoms with Crippen LogP contribution in [0, 0.1) is 0 Å². The maximum absolute atomic E-state index is 12.8. The third-order valence-electron chi connectivity index (χ3n) is 4.67. The summed E-state index contributed by atoms with van der Waals surface area (Å²) in [5.74, 6) is 0.310. The lowest BCUT2D eigenvalue weighted by Crippen LogP contribution is -2.52. The lowest BCUT2D eigenvalue weighted by Gasteiger charge is -2.35. The molecule has 1 aromatic heterocycles. The first-order chi connectivity index (χ1) is 10.3. The van der Waals surface area contributed by atoms with E-state index in [2.05, 4.69) is 28.2 Å². The third-order valence-corrected chi connectivity index (χ3v) is 4.67. The first-order valence-corrected chi connectivity index (χ1v) is 7.92. The second-order valence-corrected chi connectivity index (χ2v) is 5.93. The van der Waals surface area contributed by atoms with Crippen molar-refractivity contribution < 1.29 is 4.79 Å². The number of amides is 1. The van der Waals surface area contributed by atoms with Gasteiger partial charge >= 0.3 is 0 Å². The summed E-state index contributed by atoms with van der Waals surface area (Å²) >= 11 is 0. The topological polar surface area (TPSA) is 48.5 Å². The van der Waals surface area contributed by atoms with E-state index >= 15 is 0 Å². The molecule has 21 heavy (non-hydrogen) atoms. The Morgan fingerprint density at radius 2 is 2.19 bits per heavy atom. The van der Waals surface area contributed by atoms with Crippen LogP contribution < -0.4 is 5.32 Å². The Morgan fingerprint density at radius 3 is 2.90 bits per heavy atom. The molecule has 114 valence electrons. The molecule has 1 amide bonds. The van der Waals surface area contributed by atoms with E-state index in [9.17, 15) is 4.79 Å². The van der Waals surface area contributed by atoms with Gasteiger partial charge in [-0.15, -0.1) is 0 Å². The summed E-state index contributed by atoms with van der Waals surface area (Å²) < 4.78 is 0. The summed E-state index contributed by atoms with van der Waals surface area (Å²) in [6.07, 6.45) is 5.79. The van der Waals surface area contributed by atoms with Crippen molar-refractivity contribution >= 4 is 5.91 Å². The van der Waals surface area contributed by atoms with Gasteiger partial charge in [0.15, 0.2) is 0 Å². The minimum absolute atomic E-state index is 0.0401. The van der Waals surface area contributed by atoms with Gasteiger partial charge in [-0.2, -0.15) is 0 Å². The summed E-state index contributed by atoms with van der Waals surface area (Å²) in [7, 11) is 0. The van der Waals surface area contributed by atoms with Crippen LogP contribution in [0.15, 0.2) is 24.5 Å². The first kappa shape index (κ1) is 14.5. The molecule has 5 nitrogen and oxygen atoms in total. The van der Waals surface area contributed by atoms with Gasteiger partial charge in [0, 0.05) is 44.6 Å². The summed E-state index contributed by atoms with van der Waals surface area (Å²) in [5.41, 5.74) is 1.19. The van der Waals surface area contributed by atoms with E-state index in [-0.39, 0.29) is 12.1 Å². The number of hydrogen-bond donors (Lipinski definition) is 1. The number of aromatic nitrogens is 1. The lowest BCUT2D eigenvalue weighted by atomic mass is 10.1. The average Bonchev–Trinajstić information content (AvgIpc) is 3.04. The lowest BCUT2D eigenvalue weighted by molar-refractivity contribution is -0.137. The highest BCUT2D eigenvalue weighted by Gasteiger charge is 2.36. The van der Waals surface area contributed by atoms with Crippen LogP contribution in [0.1, 0.15) is 31.4 Å². The van der Waals surface area contributed by atoms with Crippen LogP contribution in [-0.2, 0) is 4.79 Å². The number of carbonyl (C=O) groups excluding carboxylic acids is 1. The number of hydrogen-bond acceptors (Lipinski definition) is 4. The Kier molecular flexibility index (Phi) is 4.51. The molecule has 3 heterocycles. The van der Waals surface area contributed by atoms with Crippen LogP contribution in [0.5, 0.6) is 0 Å². The van der Waals surface area contributed by atoms with Crippen molar-refractivity contribution in [3.8, 4) is 0 Å². The van der Waals surface area contributed by atoms with Crippen LogP contribution in [0.3, 0.4) is 0 Å². The van der Waals surface area contributed by atoms with Crippen LogP contribution in [0.25, 0.3) is 0 Å². The molecule has 0 aliphatic carbocycles. The zero-order chi connectivity index (χ0) is 14.7. The molecule has 2 aliphatic rings. The monoisotopic (exact) mass is 288 g/mol. The molecule has 1 aromatic rings. The highest BCUT2D eigenvalue weighted by atomic mass is 16.2. The van der Waals surface area contributed by atoms with Crippen molar-refractivity contribution in [3.05, 3.63) is 30.1 Å². The van der Waals surface area contributed by atoms with Crippen molar-refractivity contribution in [1.29, 1.82) is 0 Å². The molecular weight excluding hydrogens is 264 g/mol. The van der Waals surface area contributed by atoms with Gasteiger partial charge in [0.05, 0.1) is 6.04 Å². The first-order valence-electron chi connectivity index (χ1n) is 7.92. The van der Waals surface area contributed by atoms with E-state index in [1.807, 2.05) is 17.2 Å². The van der Waals surface area contributed by atoms with E-state index in [0.717, 1.165) is 45.6 Å². The smallest absolute Gasteiger partial charge is 0.240 e. The molecule has 5 heteroatoms. The summed E-state index contributed by atoms with van der Waals surface area (Å²) in [5, 5.41) is 3.30. The second kappa shape index (κ2) is 6.54. The van der Waals surface area contributed by atoms with E-state index in [1.54, 1.807) is 6.20 Å². The molecule has 2 unspecified atom stereocenters. The van der Waals surface area contributed by atoms with Gasteiger partial charge in [-0.05, 0) is 37.9 Å². The van der Waals surface area contributed by atoms with Gasteiger partial charge < -0.3 is 10.2 Å². The normalized spacial score (nSPS) is 25.0. The molecule has 3 rings (SSSR count). The SMILES string of the molecule is CC(c1cccnc1)N1CCCC1C(=O)N1CCNCC1.